The molecule has 0 bridgehead atoms. The molecule has 2 aromatic rings. The lowest BCUT2D eigenvalue weighted by Gasteiger charge is -2.27. The number of methoxy groups -OCH3 is 1. The zero-order valence-corrected chi connectivity index (χ0v) is 17.3. The van der Waals surface area contributed by atoms with Crippen molar-refractivity contribution in [3.8, 4) is 5.75 Å². The Balaban J connectivity index is 1.57. The molecule has 0 spiro atoms. The number of amides is 1. The second kappa shape index (κ2) is 8.78. The standard InChI is InChI=1S/C24H29N3O2/c1-26(20-10-6-7-11-20)17-24(28)27-23(19-12-14-21(29-2)15-13-19)16-22(25-27)18-8-4-3-5-9-18/h3-5,8-9,12-15,20,23H,6-7,10-11,16-17H2,1-2H3. The van der Waals surface area contributed by atoms with Gasteiger partial charge in [-0.05, 0) is 43.1 Å². The Hall–Kier alpha value is -2.66. The lowest BCUT2D eigenvalue weighted by atomic mass is 9.98. The number of carbonyl (C=O) groups is 1. The summed E-state index contributed by atoms with van der Waals surface area (Å²) in [5, 5.41) is 6.48. The third-order valence-electron chi connectivity index (χ3n) is 6.11. The van der Waals surface area contributed by atoms with Crippen LogP contribution >= 0.6 is 0 Å². The first kappa shape index (κ1) is 19.6. The van der Waals surface area contributed by atoms with Crippen LogP contribution in [0, 0.1) is 0 Å². The van der Waals surface area contributed by atoms with E-state index in [-0.39, 0.29) is 11.9 Å². The predicted molar refractivity (Wildman–Crippen MR) is 115 cm³/mol. The van der Waals surface area contributed by atoms with E-state index in [1.807, 2.05) is 42.5 Å². The number of hydrogen-bond acceptors (Lipinski definition) is 4. The third kappa shape index (κ3) is 4.35. The highest BCUT2D eigenvalue weighted by atomic mass is 16.5. The molecule has 4 rings (SSSR count). The second-order valence-electron chi connectivity index (χ2n) is 8.00. The van der Waals surface area contributed by atoms with Gasteiger partial charge in [-0.1, -0.05) is 55.3 Å². The molecule has 1 amide bonds. The Labute approximate surface area is 173 Å². The Bertz CT molecular complexity index is 857. The fourth-order valence-corrected chi connectivity index (χ4v) is 4.39. The number of likely N-dealkylation sites (N-methyl/N-ethyl adjacent to an activating group) is 1. The highest BCUT2D eigenvalue weighted by molar-refractivity contribution is 6.03. The van der Waals surface area contributed by atoms with E-state index in [2.05, 4.69) is 24.1 Å². The lowest BCUT2D eigenvalue weighted by Crippen LogP contribution is -2.40. The summed E-state index contributed by atoms with van der Waals surface area (Å²) in [5.74, 6) is 0.876. The average Bonchev–Trinajstić information content (AvgIpc) is 3.45. The van der Waals surface area contributed by atoms with E-state index in [4.69, 9.17) is 9.84 Å². The average molecular weight is 392 g/mol. The Kier molecular flexibility index (Phi) is 5.95. The number of rotatable bonds is 6. The Morgan fingerprint density at radius 3 is 2.45 bits per heavy atom. The summed E-state index contributed by atoms with van der Waals surface area (Å²) in [7, 11) is 3.73. The molecule has 29 heavy (non-hydrogen) atoms. The monoisotopic (exact) mass is 391 g/mol. The molecule has 1 fully saturated rings. The fraction of sp³-hybridized carbons (Fsp3) is 0.417. The number of hydrogen-bond donors (Lipinski definition) is 0. The van der Waals surface area contributed by atoms with Crippen molar-refractivity contribution in [3.63, 3.8) is 0 Å². The van der Waals surface area contributed by atoms with Crippen LogP contribution in [0.4, 0.5) is 0 Å². The van der Waals surface area contributed by atoms with Gasteiger partial charge in [-0.25, -0.2) is 5.01 Å². The summed E-state index contributed by atoms with van der Waals surface area (Å²) in [6, 6.07) is 18.5. The Morgan fingerprint density at radius 1 is 1.10 bits per heavy atom. The van der Waals surface area contributed by atoms with Crippen LogP contribution < -0.4 is 4.74 Å². The summed E-state index contributed by atoms with van der Waals surface area (Å²) >= 11 is 0. The van der Waals surface area contributed by atoms with Crippen molar-refractivity contribution in [1.29, 1.82) is 0 Å². The van der Waals surface area contributed by atoms with Crippen molar-refractivity contribution in [1.82, 2.24) is 9.91 Å². The first-order chi connectivity index (χ1) is 14.2. The summed E-state index contributed by atoms with van der Waals surface area (Å²) in [4.78, 5) is 15.5. The van der Waals surface area contributed by atoms with E-state index < -0.39 is 0 Å². The van der Waals surface area contributed by atoms with Gasteiger partial charge in [-0.2, -0.15) is 5.10 Å². The molecule has 2 aromatic carbocycles. The van der Waals surface area contributed by atoms with Crippen LogP contribution in [-0.4, -0.2) is 48.3 Å². The molecule has 2 aliphatic rings. The van der Waals surface area contributed by atoms with Gasteiger partial charge in [-0.15, -0.1) is 0 Å². The SMILES string of the molecule is COc1ccc(C2CC(c3ccccc3)=NN2C(=O)CN(C)C2CCCC2)cc1. The van der Waals surface area contributed by atoms with Gasteiger partial charge in [0.05, 0.1) is 25.4 Å². The number of hydrazone groups is 1. The van der Waals surface area contributed by atoms with Crippen molar-refractivity contribution in [2.75, 3.05) is 20.7 Å². The third-order valence-corrected chi connectivity index (χ3v) is 6.11. The lowest BCUT2D eigenvalue weighted by molar-refractivity contribution is -0.134. The molecule has 5 nitrogen and oxygen atoms in total. The zero-order valence-electron chi connectivity index (χ0n) is 17.3. The van der Waals surface area contributed by atoms with Crippen molar-refractivity contribution < 1.29 is 9.53 Å². The maximum absolute atomic E-state index is 13.2. The summed E-state index contributed by atoms with van der Waals surface area (Å²) < 4.78 is 5.29. The van der Waals surface area contributed by atoms with E-state index in [0.717, 1.165) is 29.0 Å². The van der Waals surface area contributed by atoms with E-state index in [9.17, 15) is 4.79 Å². The van der Waals surface area contributed by atoms with Gasteiger partial charge in [0.15, 0.2) is 0 Å². The van der Waals surface area contributed by atoms with Crippen molar-refractivity contribution >= 4 is 11.6 Å². The van der Waals surface area contributed by atoms with Crippen LogP contribution in [-0.2, 0) is 4.79 Å². The minimum absolute atomic E-state index is 0.0612. The van der Waals surface area contributed by atoms with Gasteiger partial charge in [0, 0.05) is 12.5 Å². The van der Waals surface area contributed by atoms with E-state index in [1.165, 1.54) is 25.7 Å². The molecule has 1 aliphatic carbocycles. The maximum Gasteiger partial charge on any atom is 0.257 e. The molecule has 0 saturated heterocycles. The molecular formula is C24H29N3O2. The topological polar surface area (TPSA) is 45.1 Å². The minimum atomic E-state index is -0.0828. The van der Waals surface area contributed by atoms with Crippen LogP contribution in [0.5, 0.6) is 5.75 Å². The largest absolute Gasteiger partial charge is 0.497 e. The predicted octanol–water partition coefficient (Wildman–Crippen LogP) is 4.25. The molecule has 1 aliphatic heterocycles. The highest BCUT2D eigenvalue weighted by Gasteiger charge is 2.34. The minimum Gasteiger partial charge on any atom is -0.497 e. The normalized spacial score (nSPS) is 19.6. The molecule has 0 N–H and O–H groups in total. The number of benzene rings is 2. The fourth-order valence-electron chi connectivity index (χ4n) is 4.39. The molecule has 152 valence electrons. The van der Waals surface area contributed by atoms with Crippen LogP contribution in [0.15, 0.2) is 59.7 Å². The first-order valence-corrected chi connectivity index (χ1v) is 10.4. The smallest absolute Gasteiger partial charge is 0.257 e. The summed E-state index contributed by atoms with van der Waals surface area (Å²) in [6.45, 7) is 0.406. The van der Waals surface area contributed by atoms with Crippen LogP contribution in [0.3, 0.4) is 0 Å². The molecule has 1 saturated carbocycles. The van der Waals surface area contributed by atoms with Crippen LogP contribution in [0.2, 0.25) is 0 Å². The van der Waals surface area contributed by atoms with Crippen molar-refractivity contribution in [2.45, 2.75) is 44.2 Å². The quantitative estimate of drug-likeness (QED) is 0.740. The van der Waals surface area contributed by atoms with E-state index >= 15 is 0 Å². The molecular weight excluding hydrogens is 362 g/mol. The summed E-state index contributed by atoms with van der Waals surface area (Å²) in [6.07, 6.45) is 5.61. The first-order valence-electron chi connectivity index (χ1n) is 10.4. The molecule has 1 unspecified atom stereocenters. The molecule has 0 radical (unpaired) electrons. The molecule has 5 heteroatoms. The van der Waals surface area contributed by atoms with Gasteiger partial charge in [0.1, 0.15) is 5.75 Å². The maximum atomic E-state index is 13.2. The number of carbonyl (C=O) groups excluding carboxylic acids is 1. The van der Waals surface area contributed by atoms with Gasteiger partial charge in [0.2, 0.25) is 0 Å². The molecule has 1 heterocycles. The van der Waals surface area contributed by atoms with Gasteiger partial charge >= 0.3 is 0 Å². The molecule has 1 atom stereocenters. The van der Waals surface area contributed by atoms with Gasteiger partial charge in [0.25, 0.3) is 5.91 Å². The van der Waals surface area contributed by atoms with E-state index in [0.29, 0.717) is 12.6 Å². The number of ether oxygens (including phenoxy) is 1. The van der Waals surface area contributed by atoms with Gasteiger partial charge < -0.3 is 4.74 Å². The number of nitrogens with zero attached hydrogens (tertiary/aromatic N) is 3. The Morgan fingerprint density at radius 2 is 1.79 bits per heavy atom. The van der Waals surface area contributed by atoms with Crippen molar-refractivity contribution in [2.24, 2.45) is 5.10 Å². The van der Waals surface area contributed by atoms with Crippen LogP contribution in [0.25, 0.3) is 0 Å². The van der Waals surface area contributed by atoms with Crippen LogP contribution in [0.1, 0.15) is 49.3 Å². The zero-order chi connectivity index (χ0) is 20.2. The molecule has 0 aromatic heterocycles. The summed E-state index contributed by atoms with van der Waals surface area (Å²) in [5.41, 5.74) is 3.12. The van der Waals surface area contributed by atoms with E-state index in [1.54, 1.807) is 12.1 Å². The van der Waals surface area contributed by atoms with Crippen molar-refractivity contribution in [3.05, 3.63) is 65.7 Å². The van der Waals surface area contributed by atoms with Gasteiger partial charge in [-0.3, -0.25) is 9.69 Å². The second-order valence-corrected chi connectivity index (χ2v) is 8.00. The highest BCUT2D eigenvalue weighted by Crippen LogP contribution is 2.34.